The van der Waals surface area contributed by atoms with E-state index in [9.17, 15) is 0 Å². The first-order valence-electron chi connectivity index (χ1n) is 20.2. The number of benzene rings is 9. The summed E-state index contributed by atoms with van der Waals surface area (Å²) in [4.78, 5) is 4.99. The molecule has 9 aromatic carbocycles. The van der Waals surface area contributed by atoms with Crippen LogP contribution in [0.15, 0.2) is 231 Å². The predicted molar refractivity (Wildman–Crippen MR) is 249 cm³/mol. The molecule has 2 heterocycles. The minimum atomic E-state index is -0.00114. The number of hydrogen-bond acceptors (Lipinski definition) is 2. The normalized spacial score (nSPS) is 12.7. The second-order valence-electron chi connectivity index (χ2n) is 15.3. The molecule has 0 fully saturated rings. The molecular weight excluding hydrogens is 698 g/mol. The minimum absolute atomic E-state index is 0.00114. The van der Waals surface area contributed by atoms with Gasteiger partial charge in [-0.2, -0.15) is 0 Å². The molecule has 2 nitrogen and oxygen atoms in total. The van der Waals surface area contributed by atoms with Gasteiger partial charge in [-0.15, -0.1) is 0 Å². The van der Waals surface area contributed by atoms with E-state index in [0.717, 1.165) is 11.4 Å². The maximum absolute atomic E-state index is 2.56. The van der Waals surface area contributed by atoms with Crippen molar-refractivity contribution in [2.45, 2.75) is 0 Å². The number of hydrogen-bond donors (Lipinski definition) is 0. The van der Waals surface area contributed by atoms with Crippen LogP contribution in [0.5, 0.6) is 0 Å². The van der Waals surface area contributed by atoms with E-state index in [1.807, 2.05) is 0 Å². The Morgan fingerprint density at radius 2 is 0.569 bits per heavy atom. The van der Waals surface area contributed by atoms with E-state index >= 15 is 0 Å². The van der Waals surface area contributed by atoms with Crippen molar-refractivity contribution in [2.24, 2.45) is 0 Å². The highest BCUT2D eigenvalue weighted by Gasteiger charge is 2.41. The Labute approximate surface area is 341 Å². The number of para-hydroxylation sites is 2. The lowest BCUT2D eigenvalue weighted by Gasteiger charge is -2.42. The third-order valence-corrected chi connectivity index (χ3v) is 11.9. The smallest absolute Gasteiger partial charge is 0.246 e. The average Bonchev–Trinajstić information content (AvgIpc) is 3.30. The van der Waals surface area contributed by atoms with Crippen molar-refractivity contribution in [2.75, 3.05) is 9.80 Å². The van der Waals surface area contributed by atoms with Crippen molar-refractivity contribution < 1.29 is 0 Å². The summed E-state index contributed by atoms with van der Waals surface area (Å²) in [6.07, 6.45) is 0. The molecule has 0 unspecified atom stereocenters. The zero-order valence-corrected chi connectivity index (χ0v) is 32.0. The largest absolute Gasteiger partial charge is 0.311 e. The van der Waals surface area contributed by atoms with Gasteiger partial charge in [-0.3, -0.25) is 0 Å². The van der Waals surface area contributed by atoms with Crippen LogP contribution in [0, 0.1) is 0 Å². The molecule has 2 aliphatic heterocycles. The van der Waals surface area contributed by atoms with Gasteiger partial charge in [0, 0.05) is 34.1 Å². The SMILES string of the molecule is c1ccc(B2c3cc(-c4ccccc4)ccc3N(c3ccccc3)c3cc4c(cc32)B(c2ccccc2)c2cc(-c3ccccc3)ccc2N4c2ccccc2)cc1. The van der Waals surface area contributed by atoms with Crippen molar-refractivity contribution >= 4 is 80.3 Å². The fourth-order valence-corrected chi connectivity index (χ4v) is 9.37. The Bertz CT molecular complexity index is 2690. The Morgan fingerprint density at radius 3 is 0.948 bits per heavy atom. The summed E-state index contributed by atoms with van der Waals surface area (Å²) >= 11 is 0. The molecule has 0 atom stereocenters. The Kier molecular flexibility index (Phi) is 8.40. The van der Waals surface area contributed by atoms with Crippen LogP contribution in [-0.4, -0.2) is 13.4 Å². The molecule has 0 radical (unpaired) electrons. The summed E-state index contributed by atoms with van der Waals surface area (Å²) in [6, 6.07) is 84.7. The summed E-state index contributed by atoms with van der Waals surface area (Å²) in [6.45, 7) is -0.00227. The first-order chi connectivity index (χ1) is 28.8. The number of anilines is 6. The van der Waals surface area contributed by atoms with Crippen LogP contribution in [0.3, 0.4) is 0 Å². The first-order valence-corrected chi connectivity index (χ1v) is 20.2. The summed E-state index contributed by atoms with van der Waals surface area (Å²) < 4.78 is 0. The summed E-state index contributed by atoms with van der Waals surface area (Å²) in [5.41, 5.74) is 19.7. The van der Waals surface area contributed by atoms with Gasteiger partial charge in [-0.1, -0.05) is 199 Å². The van der Waals surface area contributed by atoms with Gasteiger partial charge in [0.05, 0.1) is 0 Å². The molecule has 0 aliphatic carbocycles. The highest BCUT2D eigenvalue weighted by atomic mass is 15.2. The molecule has 0 saturated carbocycles. The van der Waals surface area contributed by atoms with Crippen LogP contribution in [0.1, 0.15) is 0 Å². The standard InChI is InChI=1S/C54H38B2N2/c1-7-19-39(20-8-1)41-31-33-51-47(35-41)55(43-23-11-3-12-24-43)49-37-50-54(38-53(49)57(51)45-27-15-5-16-28-45)58(46-29-17-6-18-30-46)52-34-32-42(40-21-9-2-10-22-40)36-48(52)56(50)44-25-13-4-14-26-44/h1-38H. The van der Waals surface area contributed by atoms with Crippen LogP contribution >= 0.6 is 0 Å². The summed E-state index contributed by atoms with van der Waals surface area (Å²) in [5.74, 6) is 0. The van der Waals surface area contributed by atoms with Crippen LogP contribution in [-0.2, 0) is 0 Å². The fourth-order valence-electron chi connectivity index (χ4n) is 9.37. The number of fused-ring (bicyclic) bond motifs is 4. The summed E-state index contributed by atoms with van der Waals surface area (Å²) in [7, 11) is 0. The molecule has 11 rings (SSSR count). The monoisotopic (exact) mass is 736 g/mol. The van der Waals surface area contributed by atoms with Crippen molar-refractivity contribution in [1.82, 2.24) is 0 Å². The lowest BCUT2D eigenvalue weighted by Crippen LogP contribution is -2.62. The minimum Gasteiger partial charge on any atom is -0.311 e. The predicted octanol–water partition coefficient (Wildman–Crippen LogP) is 9.62. The van der Waals surface area contributed by atoms with Crippen molar-refractivity contribution in [3.05, 3.63) is 231 Å². The van der Waals surface area contributed by atoms with Crippen LogP contribution in [0.4, 0.5) is 34.1 Å². The molecule has 0 spiro atoms. The van der Waals surface area contributed by atoms with Gasteiger partial charge in [-0.25, -0.2) is 0 Å². The van der Waals surface area contributed by atoms with E-state index in [4.69, 9.17) is 0 Å². The summed E-state index contributed by atoms with van der Waals surface area (Å²) in [5, 5.41) is 0. The van der Waals surface area contributed by atoms with Gasteiger partial charge < -0.3 is 9.80 Å². The molecule has 4 heteroatoms. The Morgan fingerprint density at radius 1 is 0.241 bits per heavy atom. The maximum Gasteiger partial charge on any atom is 0.246 e. The van der Waals surface area contributed by atoms with E-state index in [-0.39, 0.29) is 13.4 Å². The lowest BCUT2D eigenvalue weighted by molar-refractivity contribution is 1.26. The van der Waals surface area contributed by atoms with Crippen LogP contribution < -0.4 is 42.6 Å². The van der Waals surface area contributed by atoms with Gasteiger partial charge in [0.15, 0.2) is 0 Å². The molecule has 0 saturated heterocycles. The second-order valence-corrected chi connectivity index (χ2v) is 15.3. The molecule has 0 N–H and O–H groups in total. The van der Waals surface area contributed by atoms with Crippen molar-refractivity contribution in [3.8, 4) is 22.3 Å². The molecule has 2 aliphatic rings. The third kappa shape index (κ3) is 5.76. The van der Waals surface area contributed by atoms with Gasteiger partial charge in [0.1, 0.15) is 0 Å². The van der Waals surface area contributed by atoms with E-state index in [2.05, 4.69) is 240 Å². The zero-order valence-electron chi connectivity index (χ0n) is 32.0. The third-order valence-electron chi connectivity index (χ3n) is 11.9. The topological polar surface area (TPSA) is 6.48 Å². The molecule has 0 bridgehead atoms. The number of nitrogens with zero attached hydrogens (tertiary/aromatic N) is 2. The fraction of sp³-hybridized carbons (Fsp3) is 0. The van der Waals surface area contributed by atoms with Crippen LogP contribution in [0.2, 0.25) is 0 Å². The van der Waals surface area contributed by atoms with Crippen molar-refractivity contribution in [3.63, 3.8) is 0 Å². The van der Waals surface area contributed by atoms with Crippen LogP contribution in [0.25, 0.3) is 22.3 Å². The van der Waals surface area contributed by atoms with Gasteiger partial charge >= 0.3 is 0 Å². The van der Waals surface area contributed by atoms with Gasteiger partial charge in [-0.05, 0) is 86.6 Å². The van der Waals surface area contributed by atoms with E-state index in [1.54, 1.807) is 0 Å². The number of rotatable bonds is 6. The quantitative estimate of drug-likeness (QED) is 0.157. The highest BCUT2D eigenvalue weighted by Crippen LogP contribution is 2.43. The van der Waals surface area contributed by atoms with Gasteiger partial charge in [0.2, 0.25) is 13.4 Å². The molecular formula is C54H38B2N2. The maximum atomic E-state index is 2.56. The second kappa shape index (κ2) is 14.3. The van der Waals surface area contributed by atoms with E-state index in [1.165, 1.54) is 77.8 Å². The van der Waals surface area contributed by atoms with E-state index in [0.29, 0.717) is 0 Å². The average molecular weight is 737 g/mol. The Balaban J connectivity index is 1.23. The molecule has 270 valence electrons. The Hall–Kier alpha value is -7.29. The molecule has 0 aromatic heterocycles. The molecule has 9 aromatic rings. The van der Waals surface area contributed by atoms with Gasteiger partial charge in [0.25, 0.3) is 0 Å². The lowest BCUT2D eigenvalue weighted by atomic mass is 9.31. The highest BCUT2D eigenvalue weighted by molar-refractivity contribution is 7.00. The molecule has 0 amide bonds. The molecule has 58 heavy (non-hydrogen) atoms. The van der Waals surface area contributed by atoms with Crippen molar-refractivity contribution in [1.29, 1.82) is 0 Å². The zero-order chi connectivity index (χ0) is 38.4. The van der Waals surface area contributed by atoms with E-state index < -0.39 is 0 Å². The first kappa shape index (κ1) is 34.0.